The Bertz CT molecular complexity index is 3290. The molecule has 0 amide bonds. The molecule has 12 rings (SSSR count). The molecule has 2 aromatic heterocycles. The lowest BCUT2D eigenvalue weighted by molar-refractivity contribution is 0.734. The zero-order chi connectivity index (χ0) is 34.6. The second kappa shape index (κ2) is 11.1. The first-order valence-electron chi connectivity index (χ1n) is 18.7. The van der Waals surface area contributed by atoms with Gasteiger partial charge in [0, 0.05) is 53.3 Å². The number of aromatic nitrogens is 1. The Morgan fingerprint density at radius 3 is 2.06 bits per heavy atom. The van der Waals surface area contributed by atoms with Gasteiger partial charge in [0.1, 0.15) is 0 Å². The molecule has 0 fully saturated rings. The first kappa shape index (κ1) is 29.4. The van der Waals surface area contributed by atoms with Gasteiger partial charge in [-0.25, -0.2) is 0 Å². The number of nitrogens with zero attached hydrogens (tertiary/aromatic N) is 1. The molecule has 0 spiro atoms. The van der Waals surface area contributed by atoms with Crippen LogP contribution in [0.4, 0.5) is 0 Å². The van der Waals surface area contributed by atoms with Crippen molar-refractivity contribution >= 4 is 85.6 Å². The van der Waals surface area contributed by atoms with Gasteiger partial charge in [0.05, 0.1) is 11.0 Å². The van der Waals surface area contributed by atoms with Crippen LogP contribution in [0.2, 0.25) is 0 Å². The molecule has 1 atom stereocenters. The van der Waals surface area contributed by atoms with Crippen molar-refractivity contribution < 1.29 is 0 Å². The largest absolute Gasteiger partial charge is 0.309 e. The van der Waals surface area contributed by atoms with Crippen molar-refractivity contribution in [2.75, 3.05) is 0 Å². The number of hydrogen-bond donors (Lipinski definition) is 0. The normalized spacial score (nSPS) is 14.0. The fourth-order valence-corrected chi connectivity index (χ4v) is 11.0. The van der Waals surface area contributed by atoms with Crippen LogP contribution >= 0.6 is 11.3 Å². The minimum Gasteiger partial charge on any atom is -0.309 e. The first-order chi connectivity index (χ1) is 26.3. The molecule has 9 aromatic carbocycles. The lowest BCUT2D eigenvalue weighted by atomic mass is 9.88. The Balaban J connectivity index is 1.16. The summed E-state index contributed by atoms with van der Waals surface area (Å²) in [6, 6.07) is 63.6. The number of rotatable bonds is 4. The van der Waals surface area contributed by atoms with Gasteiger partial charge in [0.2, 0.25) is 0 Å². The molecular weight excluding hydrogens is 659 g/mol. The van der Waals surface area contributed by atoms with Gasteiger partial charge in [0.25, 0.3) is 0 Å². The Hall–Kier alpha value is -6.22. The van der Waals surface area contributed by atoms with Gasteiger partial charge >= 0.3 is 0 Å². The summed E-state index contributed by atoms with van der Waals surface area (Å²) >= 11 is 1.94. The summed E-state index contributed by atoms with van der Waals surface area (Å²) in [4.78, 5) is 0. The third-order valence-electron chi connectivity index (χ3n) is 12.0. The molecule has 11 aromatic rings. The zero-order valence-corrected chi connectivity index (χ0v) is 29.8. The van der Waals surface area contributed by atoms with Crippen LogP contribution in [0.15, 0.2) is 170 Å². The molecular formula is C51H33NS. The number of thiophene rings is 1. The highest BCUT2D eigenvalue weighted by molar-refractivity contribution is 7.27. The molecule has 0 radical (unpaired) electrons. The van der Waals surface area contributed by atoms with Crippen molar-refractivity contribution in [2.45, 2.75) is 18.8 Å². The van der Waals surface area contributed by atoms with E-state index in [0.29, 0.717) is 5.92 Å². The van der Waals surface area contributed by atoms with Gasteiger partial charge < -0.3 is 4.57 Å². The summed E-state index contributed by atoms with van der Waals surface area (Å²) in [5, 5.41) is 13.3. The van der Waals surface area contributed by atoms with E-state index in [1.807, 2.05) is 11.3 Å². The van der Waals surface area contributed by atoms with E-state index in [1.165, 1.54) is 108 Å². The van der Waals surface area contributed by atoms with Crippen LogP contribution in [0.3, 0.4) is 0 Å². The van der Waals surface area contributed by atoms with Crippen molar-refractivity contribution in [3.8, 4) is 16.8 Å². The molecule has 2 heterocycles. The first-order valence-corrected chi connectivity index (χ1v) is 19.5. The van der Waals surface area contributed by atoms with Crippen LogP contribution in [0.1, 0.15) is 29.0 Å². The molecule has 248 valence electrons. The van der Waals surface area contributed by atoms with Gasteiger partial charge in [-0.15, -0.1) is 11.3 Å². The molecule has 0 saturated heterocycles. The molecule has 0 saturated carbocycles. The maximum absolute atomic E-state index is 2.57. The van der Waals surface area contributed by atoms with E-state index in [9.17, 15) is 0 Å². The molecule has 1 aliphatic rings. The number of benzene rings is 9. The van der Waals surface area contributed by atoms with Crippen LogP contribution in [0.5, 0.6) is 0 Å². The average Bonchev–Trinajstić information content (AvgIpc) is 3.88. The van der Waals surface area contributed by atoms with Gasteiger partial charge in [-0.1, -0.05) is 152 Å². The van der Waals surface area contributed by atoms with E-state index in [1.54, 1.807) is 0 Å². The quantitative estimate of drug-likeness (QED) is 0.162. The number of aryl methyl sites for hydroxylation is 1. The topological polar surface area (TPSA) is 4.93 Å². The van der Waals surface area contributed by atoms with E-state index in [-0.39, 0.29) is 0 Å². The van der Waals surface area contributed by atoms with E-state index in [0.717, 1.165) is 12.8 Å². The Kier molecular flexibility index (Phi) is 6.17. The number of hydrogen-bond acceptors (Lipinski definition) is 1. The van der Waals surface area contributed by atoms with Crippen LogP contribution in [-0.4, -0.2) is 4.57 Å². The van der Waals surface area contributed by atoms with Crippen LogP contribution < -0.4 is 0 Å². The summed E-state index contributed by atoms with van der Waals surface area (Å²) in [7, 11) is 0. The van der Waals surface area contributed by atoms with Crippen LogP contribution in [0.25, 0.3) is 91.1 Å². The predicted molar refractivity (Wildman–Crippen MR) is 228 cm³/mol. The van der Waals surface area contributed by atoms with Crippen molar-refractivity contribution in [1.29, 1.82) is 0 Å². The highest BCUT2D eigenvalue weighted by Crippen LogP contribution is 2.53. The summed E-state index contributed by atoms with van der Waals surface area (Å²) in [5.74, 6) is 0.322. The standard InChI is InChI=1S/C51H33NS/c1-2-12-31(13-3-1)22-25-40-35-16-6-7-17-36(35)41-28-29-45-49(47(40)41)44-26-23-32-14-4-5-15-34(32)50(44)52(45)33-24-27-43-46(30-33)53-51-42-21-11-9-19-38(42)37-18-8-10-20-39(37)48(43)51/h1-21,23-24,26-30,40H,22,25H2. The average molecular weight is 692 g/mol. The third-order valence-corrected chi connectivity index (χ3v) is 13.2. The van der Waals surface area contributed by atoms with E-state index in [2.05, 4.69) is 174 Å². The molecule has 0 aliphatic heterocycles. The van der Waals surface area contributed by atoms with Gasteiger partial charge in [-0.05, 0) is 80.4 Å². The maximum atomic E-state index is 2.57. The molecule has 53 heavy (non-hydrogen) atoms. The minimum absolute atomic E-state index is 0.322. The zero-order valence-electron chi connectivity index (χ0n) is 29.0. The monoisotopic (exact) mass is 691 g/mol. The highest BCUT2D eigenvalue weighted by Gasteiger charge is 2.32. The highest BCUT2D eigenvalue weighted by atomic mass is 32.1. The Labute approximate surface area is 311 Å². The molecule has 1 unspecified atom stereocenters. The SMILES string of the molecule is c1ccc(CCC2c3ccccc3-c3ccc4c(c32)c2ccc3ccccc3c2n4-c2ccc3c(c2)sc2c4ccccc4c4ccccc4c32)cc1. The molecule has 1 nitrogen and oxygen atoms in total. The molecule has 0 N–H and O–H groups in total. The second-order valence-corrected chi connectivity index (χ2v) is 15.7. The molecule has 1 aliphatic carbocycles. The lowest BCUT2D eigenvalue weighted by Crippen LogP contribution is -2.00. The van der Waals surface area contributed by atoms with Gasteiger partial charge in [0.15, 0.2) is 0 Å². The lowest BCUT2D eigenvalue weighted by Gasteiger charge is -2.16. The van der Waals surface area contributed by atoms with E-state index < -0.39 is 0 Å². The summed E-state index contributed by atoms with van der Waals surface area (Å²) < 4.78 is 5.27. The maximum Gasteiger partial charge on any atom is 0.0619 e. The van der Waals surface area contributed by atoms with Gasteiger partial charge in [-0.2, -0.15) is 0 Å². The van der Waals surface area contributed by atoms with Crippen LogP contribution in [0, 0.1) is 0 Å². The summed E-state index contributed by atoms with van der Waals surface area (Å²) in [5.41, 5.74) is 10.9. The fraction of sp³-hybridized carbons (Fsp3) is 0.0588. The van der Waals surface area contributed by atoms with E-state index in [4.69, 9.17) is 0 Å². The van der Waals surface area contributed by atoms with Crippen molar-refractivity contribution in [3.05, 3.63) is 187 Å². The number of fused-ring (bicyclic) bond motifs is 17. The Morgan fingerprint density at radius 1 is 0.491 bits per heavy atom. The molecule has 0 bridgehead atoms. The van der Waals surface area contributed by atoms with Crippen molar-refractivity contribution in [3.63, 3.8) is 0 Å². The van der Waals surface area contributed by atoms with Crippen LogP contribution in [-0.2, 0) is 6.42 Å². The Morgan fingerprint density at radius 2 is 1.19 bits per heavy atom. The predicted octanol–water partition coefficient (Wildman–Crippen LogP) is 14.4. The summed E-state index contributed by atoms with van der Waals surface area (Å²) in [6.45, 7) is 0. The third kappa shape index (κ3) is 4.13. The summed E-state index contributed by atoms with van der Waals surface area (Å²) in [6.07, 6.45) is 2.12. The second-order valence-electron chi connectivity index (χ2n) is 14.7. The smallest absolute Gasteiger partial charge is 0.0619 e. The minimum atomic E-state index is 0.322. The van der Waals surface area contributed by atoms with E-state index >= 15 is 0 Å². The fourth-order valence-electron chi connectivity index (χ4n) is 9.75. The van der Waals surface area contributed by atoms with Crippen molar-refractivity contribution in [2.24, 2.45) is 0 Å². The van der Waals surface area contributed by atoms with Gasteiger partial charge in [-0.3, -0.25) is 0 Å². The molecule has 2 heteroatoms. The van der Waals surface area contributed by atoms with Crippen molar-refractivity contribution in [1.82, 2.24) is 4.57 Å².